The number of benzene rings is 1. The normalized spacial score (nSPS) is 13.3. The van der Waals surface area contributed by atoms with Gasteiger partial charge < -0.3 is 0 Å². The molecule has 0 aromatic heterocycles. The first-order valence-electron chi connectivity index (χ1n) is 6.56. The molecule has 1 rings (SSSR count). The predicted octanol–water partition coefficient (Wildman–Crippen LogP) is -0.224. The maximum absolute atomic E-state index is 12.4. The number of unbranched alkanes of at least 4 members (excludes halogenated alkanes) is 1. The second kappa shape index (κ2) is 7.68. The lowest BCUT2D eigenvalue weighted by molar-refractivity contribution is 0.344. The van der Waals surface area contributed by atoms with Crippen molar-refractivity contribution in [3.63, 3.8) is 0 Å². The van der Waals surface area contributed by atoms with Gasteiger partial charge in [-0.25, -0.2) is 25.3 Å². The first kappa shape index (κ1) is 20.0. The third-order valence-corrected chi connectivity index (χ3v) is 6.08. The zero-order chi connectivity index (χ0) is 17.7. The molecule has 0 atom stereocenters. The molecule has 0 aliphatic heterocycles. The van der Waals surface area contributed by atoms with E-state index in [1.807, 2.05) is 0 Å². The van der Waals surface area contributed by atoms with E-state index in [-0.39, 0.29) is 15.2 Å². The highest BCUT2D eigenvalue weighted by Crippen LogP contribution is 2.13. The summed E-state index contributed by atoms with van der Waals surface area (Å²) in [6, 6.07) is 6.85. The van der Waals surface area contributed by atoms with Gasteiger partial charge in [0.15, 0.2) is 0 Å². The molecule has 0 fully saturated rings. The van der Waals surface area contributed by atoms with Gasteiger partial charge in [-0.3, -0.25) is 0 Å². The Bertz CT molecular complexity index is 819. The fraction of sp³-hybridized carbons (Fsp3) is 0.455. The summed E-state index contributed by atoms with van der Waals surface area (Å²) in [6.45, 7) is 1.77. The van der Waals surface area contributed by atoms with Gasteiger partial charge >= 0.3 is 0 Å². The fourth-order valence-electron chi connectivity index (χ4n) is 1.47. The summed E-state index contributed by atoms with van der Waals surface area (Å²) in [5.41, 5.74) is 0. The van der Waals surface area contributed by atoms with E-state index in [4.69, 9.17) is 0 Å². The van der Waals surface area contributed by atoms with Crippen LogP contribution in [0.2, 0.25) is 0 Å². The third-order valence-electron chi connectivity index (χ3n) is 2.52. The lowest BCUT2D eigenvalue weighted by Gasteiger charge is -2.22. The lowest BCUT2D eigenvalue weighted by Crippen LogP contribution is -2.55. The maximum atomic E-state index is 12.4. The van der Waals surface area contributed by atoms with Crippen LogP contribution in [-0.2, 0) is 30.1 Å². The Balaban J connectivity index is 3.21. The number of sulfonamides is 3. The number of hydrazine groups is 2. The molecule has 9 nitrogen and oxygen atoms in total. The Morgan fingerprint density at radius 1 is 0.957 bits per heavy atom. The Kier molecular flexibility index (Phi) is 6.68. The molecule has 23 heavy (non-hydrogen) atoms. The van der Waals surface area contributed by atoms with Crippen LogP contribution in [0.25, 0.3) is 0 Å². The molecule has 0 heterocycles. The Labute approximate surface area is 136 Å². The molecular formula is C11H19N3O6S3. The Morgan fingerprint density at radius 2 is 1.52 bits per heavy atom. The van der Waals surface area contributed by atoms with Gasteiger partial charge in [0.05, 0.1) is 16.9 Å². The zero-order valence-corrected chi connectivity index (χ0v) is 15.1. The van der Waals surface area contributed by atoms with Gasteiger partial charge in [-0.05, 0) is 23.1 Å². The summed E-state index contributed by atoms with van der Waals surface area (Å²) >= 11 is 0. The quantitative estimate of drug-likeness (QED) is 0.565. The fourth-order valence-corrected chi connectivity index (χ4v) is 5.18. The standard InChI is InChI=1S/C11H19N3O6S3/c1-3-4-10-22(17,18)13-14(12-21(2,15)16)23(19,20)11-8-6-5-7-9-11/h5-9,12-13H,3-4,10H2,1-2H3. The first-order valence-corrected chi connectivity index (χ1v) is 11.5. The smallest absolute Gasteiger partial charge is 0.211 e. The van der Waals surface area contributed by atoms with E-state index in [0.717, 1.165) is 0 Å². The summed E-state index contributed by atoms with van der Waals surface area (Å²) in [6.07, 6.45) is 1.58. The van der Waals surface area contributed by atoms with Crippen molar-refractivity contribution in [2.24, 2.45) is 0 Å². The number of rotatable bonds is 9. The maximum Gasteiger partial charge on any atom is 0.271 e. The van der Waals surface area contributed by atoms with Crippen molar-refractivity contribution in [3.05, 3.63) is 30.3 Å². The van der Waals surface area contributed by atoms with Gasteiger partial charge in [0, 0.05) is 0 Å². The van der Waals surface area contributed by atoms with E-state index in [0.29, 0.717) is 19.1 Å². The van der Waals surface area contributed by atoms with E-state index in [1.54, 1.807) is 22.7 Å². The highest BCUT2D eigenvalue weighted by atomic mass is 32.2. The van der Waals surface area contributed by atoms with E-state index < -0.39 is 30.1 Å². The van der Waals surface area contributed by atoms with E-state index in [1.165, 1.54) is 24.3 Å². The van der Waals surface area contributed by atoms with Crippen LogP contribution in [0.15, 0.2) is 35.2 Å². The predicted molar refractivity (Wildman–Crippen MR) is 85.3 cm³/mol. The minimum Gasteiger partial charge on any atom is -0.211 e. The van der Waals surface area contributed by atoms with Crippen molar-refractivity contribution >= 4 is 30.1 Å². The number of nitrogens with zero attached hydrogens (tertiary/aromatic N) is 1. The van der Waals surface area contributed by atoms with Crippen LogP contribution >= 0.6 is 0 Å². The average Bonchev–Trinajstić information content (AvgIpc) is 2.44. The van der Waals surface area contributed by atoms with Crippen molar-refractivity contribution in [2.45, 2.75) is 24.7 Å². The molecular weight excluding hydrogens is 366 g/mol. The highest BCUT2D eigenvalue weighted by molar-refractivity contribution is 7.93. The molecule has 12 heteroatoms. The minimum atomic E-state index is -4.44. The molecule has 0 bridgehead atoms. The number of hydrogen-bond donors (Lipinski definition) is 2. The molecule has 0 saturated carbocycles. The topological polar surface area (TPSA) is 130 Å². The minimum absolute atomic E-state index is 0.00264. The van der Waals surface area contributed by atoms with Crippen LogP contribution in [0.4, 0.5) is 0 Å². The molecule has 132 valence electrons. The second-order valence-corrected chi connectivity index (χ2v) is 10.0. The van der Waals surface area contributed by atoms with Crippen molar-refractivity contribution in [1.82, 2.24) is 14.2 Å². The van der Waals surface area contributed by atoms with Crippen molar-refractivity contribution in [1.29, 1.82) is 0 Å². The van der Waals surface area contributed by atoms with Crippen LogP contribution < -0.4 is 9.66 Å². The summed E-state index contributed by atoms with van der Waals surface area (Å²) in [4.78, 5) is 3.14. The number of hydrogen-bond acceptors (Lipinski definition) is 6. The van der Waals surface area contributed by atoms with Crippen molar-refractivity contribution in [3.8, 4) is 0 Å². The first-order chi connectivity index (χ1) is 10.5. The molecule has 1 aromatic rings. The molecule has 0 spiro atoms. The monoisotopic (exact) mass is 385 g/mol. The van der Waals surface area contributed by atoms with Crippen LogP contribution in [0, 0.1) is 0 Å². The Hall–Kier alpha value is -1.05. The zero-order valence-electron chi connectivity index (χ0n) is 12.6. The third kappa shape index (κ3) is 6.53. The summed E-state index contributed by atoms with van der Waals surface area (Å²) in [5.74, 6) is -0.338. The van der Waals surface area contributed by atoms with Gasteiger partial charge in [0.2, 0.25) is 20.0 Å². The molecule has 2 N–H and O–H groups in total. The summed E-state index contributed by atoms with van der Waals surface area (Å²) < 4.78 is 71.4. The van der Waals surface area contributed by atoms with Gasteiger partial charge in [-0.2, -0.15) is 0 Å². The Morgan fingerprint density at radius 3 is 2.00 bits per heavy atom. The van der Waals surface area contributed by atoms with Crippen LogP contribution in [0.3, 0.4) is 0 Å². The van der Waals surface area contributed by atoms with Crippen LogP contribution in [-0.4, -0.2) is 41.8 Å². The van der Waals surface area contributed by atoms with Gasteiger partial charge in [0.1, 0.15) is 0 Å². The molecule has 1 aromatic carbocycles. The van der Waals surface area contributed by atoms with Crippen LogP contribution in [0.5, 0.6) is 0 Å². The second-order valence-electron chi connectivity index (χ2n) is 4.71. The van der Waals surface area contributed by atoms with Crippen LogP contribution in [0.1, 0.15) is 19.8 Å². The SMILES string of the molecule is CCCCS(=O)(=O)NN(NS(C)(=O)=O)S(=O)(=O)c1ccccc1. The van der Waals surface area contributed by atoms with E-state index in [9.17, 15) is 25.3 Å². The van der Waals surface area contributed by atoms with Crippen molar-refractivity contribution < 1.29 is 25.3 Å². The number of nitrogens with one attached hydrogen (secondary N) is 2. The molecule has 0 unspecified atom stereocenters. The molecule has 0 amide bonds. The summed E-state index contributed by atoms with van der Waals surface area (Å²) in [5, 5.41) is 0. The van der Waals surface area contributed by atoms with Gasteiger partial charge in [-0.1, -0.05) is 31.5 Å². The summed E-state index contributed by atoms with van der Waals surface area (Å²) in [7, 11) is -12.5. The molecule has 0 saturated heterocycles. The largest absolute Gasteiger partial charge is 0.271 e. The highest BCUT2D eigenvalue weighted by Gasteiger charge is 2.31. The van der Waals surface area contributed by atoms with Crippen molar-refractivity contribution in [2.75, 3.05) is 12.0 Å². The van der Waals surface area contributed by atoms with Gasteiger partial charge in [-0.15, -0.1) is 9.66 Å². The van der Waals surface area contributed by atoms with Gasteiger partial charge in [0.25, 0.3) is 10.0 Å². The molecule has 0 aliphatic rings. The molecule has 0 aliphatic carbocycles. The average molecular weight is 385 g/mol. The lowest BCUT2D eigenvalue weighted by atomic mass is 10.4. The van der Waals surface area contributed by atoms with E-state index >= 15 is 0 Å². The molecule has 0 radical (unpaired) electrons. The van der Waals surface area contributed by atoms with E-state index in [2.05, 4.69) is 0 Å².